The van der Waals surface area contributed by atoms with Crippen LogP contribution in [0.3, 0.4) is 0 Å². The number of likely N-dealkylation sites (N-methyl/N-ethyl adjacent to an activating group) is 1. The van der Waals surface area contributed by atoms with Gasteiger partial charge in [0, 0.05) is 18.7 Å². The van der Waals surface area contributed by atoms with E-state index in [0.29, 0.717) is 17.8 Å². The van der Waals surface area contributed by atoms with Gasteiger partial charge in [0.25, 0.3) is 15.9 Å². The molecule has 26 heavy (non-hydrogen) atoms. The molecule has 0 saturated heterocycles. The molecule has 1 amide bonds. The number of nitrogens with one attached hydrogen (secondary N) is 1. The number of aryl methyl sites for hydroxylation is 1. The zero-order valence-electron chi connectivity index (χ0n) is 15.2. The van der Waals surface area contributed by atoms with Crippen LogP contribution < -0.4 is 4.72 Å². The molecule has 140 valence electrons. The Kier molecular flexibility index (Phi) is 6.39. The van der Waals surface area contributed by atoms with E-state index in [2.05, 4.69) is 4.72 Å². The third-order valence-corrected chi connectivity index (χ3v) is 5.68. The van der Waals surface area contributed by atoms with Crippen LogP contribution in [0.5, 0.6) is 0 Å². The third-order valence-electron chi connectivity index (χ3n) is 4.30. The molecule has 0 bridgehead atoms. The van der Waals surface area contributed by atoms with E-state index in [4.69, 9.17) is 5.11 Å². The van der Waals surface area contributed by atoms with E-state index in [9.17, 15) is 13.2 Å². The van der Waals surface area contributed by atoms with E-state index >= 15 is 0 Å². The predicted octanol–water partition coefficient (Wildman–Crippen LogP) is 2.56. The summed E-state index contributed by atoms with van der Waals surface area (Å²) in [4.78, 5) is 13.9. The minimum atomic E-state index is -3.75. The quantitative estimate of drug-likeness (QED) is 0.777. The predicted molar refractivity (Wildman–Crippen MR) is 102 cm³/mol. The molecule has 0 fully saturated rings. The maximum atomic E-state index is 12.6. The zero-order chi connectivity index (χ0) is 19.3. The summed E-state index contributed by atoms with van der Waals surface area (Å²) >= 11 is 0. The molecule has 0 aliphatic rings. The van der Waals surface area contributed by atoms with Crippen LogP contribution in [0.15, 0.2) is 47.4 Å². The first-order valence-electron chi connectivity index (χ1n) is 8.39. The number of hydrogen-bond acceptors (Lipinski definition) is 4. The molecular formula is C19H24N2O4S. The van der Waals surface area contributed by atoms with E-state index in [1.54, 1.807) is 12.1 Å². The third kappa shape index (κ3) is 4.42. The van der Waals surface area contributed by atoms with Gasteiger partial charge >= 0.3 is 0 Å². The maximum absolute atomic E-state index is 12.6. The van der Waals surface area contributed by atoms with Crippen molar-refractivity contribution in [3.63, 3.8) is 0 Å². The fraction of sp³-hybridized carbons (Fsp3) is 0.316. The number of anilines is 1. The molecule has 0 aliphatic heterocycles. The SMILES string of the molecule is CCN(CCO)C(=O)c1ccc(S(=O)(=O)Nc2cccc(C)c2C)cc1. The number of sulfonamides is 1. The Morgan fingerprint density at radius 3 is 2.35 bits per heavy atom. The van der Waals surface area contributed by atoms with E-state index in [0.717, 1.165) is 11.1 Å². The van der Waals surface area contributed by atoms with Crippen molar-refractivity contribution in [1.29, 1.82) is 0 Å². The van der Waals surface area contributed by atoms with E-state index in [1.165, 1.54) is 29.2 Å². The first-order chi connectivity index (χ1) is 12.3. The summed E-state index contributed by atoms with van der Waals surface area (Å²) in [5, 5.41) is 9.01. The van der Waals surface area contributed by atoms with Crippen molar-refractivity contribution in [3.05, 3.63) is 59.2 Å². The van der Waals surface area contributed by atoms with Crippen LogP contribution in [0.2, 0.25) is 0 Å². The minimum Gasteiger partial charge on any atom is -0.395 e. The molecule has 2 rings (SSSR count). The van der Waals surface area contributed by atoms with Crippen molar-refractivity contribution < 1.29 is 18.3 Å². The number of carbonyl (C=O) groups excluding carboxylic acids is 1. The lowest BCUT2D eigenvalue weighted by atomic mass is 10.1. The molecule has 6 nitrogen and oxygen atoms in total. The van der Waals surface area contributed by atoms with Crippen molar-refractivity contribution in [1.82, 2.24) is 4.90 Å². The second kappa shape index (κ2) is 8.33. The van der Waals surface area contributed by atoms with Crippen molar-refractivity contribution in [2.75, 3.05) is 24.4 Å². The Morgan fingerprint density at radius 2 is 1.77 bits per heavy atom. The van der Waals surface area contributed by atoms with Gasteiger partial charge in [-0.1, -0.05) is 12.1 Å². The van der Waals surface area contributed by atoms with Crippen molar-refractivity contribution in [2.45, 2.75) is 25.7 Å². The molecule has 0 radical (unpaired) electrons. The molecule has 0 heterocycles. The van der Waals surface area contributed by atoms with Crippen molar-refractivity contribution >= 4 is 21.6 Å². The van der Waals surface area contributed by atoms with Crippen molar-refractivity contribution in [3.8, 4) is 0 Å². The fourth-order valence-corrected chi connectivity index (χ4v) is 3.67. The molecule has 0 spiro atoms. The lowest BCUT2D eigenvalue weighted by molar-refractivity contribution is 0.0732. The van der Waals surface area contributed by atoms with Crippen LogP contribution in [0.1, 0.15) is 28.4 Å². The summed E-state index contributed by atoms with van der Waals surface area (Å²) in [6.45, 7) is 6.18. The average molecular weight is 376 g/mol. The van der Waals surface area contributed by atoms with Gasteiger partial charge in [-0.3, -0.25) is 9.52 Å². The summed E-state index contributed by atoms with van der Waals surface area (Å²) in [6, 6.07) is 11.2. The number of aliphatic hydroxyl groups is 1. The highest BCUT2D eigenvalue weighted by Gasteiger charge is 2.18. The lowest BCUT2D eigenvalue weighted by Crippen LogP contribution is -2.33. The number of amides is 1. The van der Waals surface area contributed by atoms with Crippen molar-refractivity contribution in [2.24, 2.45) is 0 Å². The van der Waals surface area contributed by atoms with Gasteiger partial charge in [-0.05, 0) is 62.2 Å². The first kappa shape index (κ1) is 19.9. The second-order valence-electron chi connectivity index (χ2n) is 5.99. The number of nitrogens with zero attached hydrogens (tertiary/aromatic N) is 1. The Morgan fingerprint density at radius 1 is 1.12 bits per heavy atom. The van der Waals surface area contributed by atoms with Gasteiger partial charge in [0.15, 0.2) is 0 Å². The van der Waals surface area contributed by atoms with E-state index in [-0.39, 0.29) is 24.0 Å². The molecule has 0 saturated carbocycles. The van der Waals surface area contributed by atoms with Gasteiger partial charge < -0.3 is 10.0 Å². The smallest absolute Gasteiger partial charge is 0.261 e. The monoisotopic (exact) mass is 376 g/mol. The van der Waals surface area contributed by atoms with Crippen LogP contribution in [0, 0.1) is 13.8 Å². The highest BCUT2D eigenvalue weighted by atomic mass is 32.2. The molecular weight excluding hydrogens is 352 g/mol. The summed E-state index contributed by atoms with van der Waals surface area (Å²) in [6.07, 6.45) is 0. The van der Waals surface area contributed by atoms with Crippen LogP contribution in [-0.4, -0.2) is 44.0 Å². The molecule has 7 heteroatoms. The maximum Gasteiger partial charge on any atom is 0.261 e. The first-order valence-corrected chi connectivity index (χ1v) is 9.87. The van der Waals surface area contributed by atoms with Crippen LogP contribution in [0.25, 0.3) is 0 Å². The Bertz CT molecular complexity index is 877. The number of aliphatic hydroxyl groups excluding tert-OH is 1. The summed E-state index contributed by atoms with van der Waals surface area (Å²) < 4.78 is 27.8. The topological polar surface area (TPSA) is 86.7 Å². The van der Waals surface area contributed by atoms with Gasteiger partial charge in [-0.25, -0.2) is 8.42 Å². The largest absolute Gasteiger partial charge is 0.395 e. The highest BCUT2D eigenvalue weighted by Crippen LogP contribution is 2.22. The summed E-state index contributed by atoms with van der Waals surface area (Å²) in [7, 11) is -3.75. The number of rotatable bonds is 7. The zero-order valence-corrected chi connectivity index (χ0v) is 16.0. The van der Waals surface area contributed by atoms with Crippen LogP contribution >= 0.6 is 0 Å². The molecule has 0 aromatic heterocycles. The standard InChI is InChI=1S/C19H24N2O4S/c1-4-21(12-13-22)19(23)16-8-10-17(11-9-16)26(24,25)20-18-7-5-6-14(2)15(18)3/h5-11,20,22H,4,12-13H2,1-3H3. The fourth-order valence-electron chi connectivity index (χ4n) is 2.55. The molecule has 0 unspecified atom stereocenters. The number of benzene rings is 2. The lowest BCUT2D eigenvalue weighted by Gasteiger charge is -2.19. The number of carbonyl (C=O) groups is 1. The summed E-state index contributed by atoms with van der Waals surface area (Å²) in [5.74, 6) is -0.243. The molecule has 0 atom stereocenters. The highest BCUT2D eigenvalue weighted by molar-refractivity contribution is 7.92. The average Bonchev–Trinajstić information content (AvgIpc) is 2.63. The van der Waals surface area contributed by atoms with Gasteiger partial charge in [0.1, 0.15) is 0 Å². The number of hydrogen-bond donors (Lipinski definition) is 2. The van der Waals surface area contributed by atoms with E-state index < -0.39 is 10.0 Å². The van der Waals surface area contributed by atoms with Crippen LogP contribution in [-0.2, 0) is 10.0 Å². The molecule has 2 N–H and O–H groups in total. The Balaban J connectivity index is 2.23. The Hall–Kier alpha value is -2.38. The van der Waals surface area contributed by atoms with E-state index in [1.807, 2.05) is 26.8 Å². The molecule has 0 aliphatic carbocycles. The second-order valence-corrected chi connectivity index (χ2v) is 7.67. The normalized spacial score (nSPS) is 11.2. The Labute approximate surface area is 154 Å². The van der Waals surface area contributed by atoms with Gasteiger partial charge in [-0.15, -0.1) is 0 Å². The van der Waals surface area contributed by atoms with Gasteiger partial charge in [0.05, 0.1) is 17.2 Å². The van der Waals surface area contributed by atoms with Gasteiger partial charge in [0.2, 0.25) is 0 Å². The van der Waals surface area contributed by atoms with Crippen LogP contribution in [0.4, 0.5) is 5.69 Å². The minimum absolute atomic E-state index is 0.0835. The molecule has 2 aromatic carbocycles. The molecule has 2 aromatic rings. The van der Waals surface area contributed by atoms with Gasteiger partial charge in [-0.2, -0.15) is 0 Å². The summed E-state index contributed by atoms with van der Waals surface area (Å²) in [5.41, 5.74) is 2.77.